The van der Waals surface area contributed by atoms with E-state index in [1.54, 1.807) is 26.8 Å². The summed E-state index contributed by atoms with van der Waals surface area (Å²) >= 11 is 4.22. The summed E-state index contributed by atoms with van der Waals surface area (Å²) < 4.78 is 10.0. The van der Waals surface area contributed by atoms with Crippen LogP contribution in [0.2, 0.25) is 0 Å². The van der Waals surface area contributed by atoms with Gasteiger partial charge in [-0.15, -0.1) is 12.6 Å². The van der Waals surface area contributed by atoms with Crippen LogP contribution in [-0.4, -0.2) is 23.8 Å². The normalized spacial score (nSPS) is 10.9. The molecule has 5 nitrogen and oxygen atoms in total. The molecule has 1 heterocycles. The first-order chi connectivity index (χ1) is 7.81. The van der Waals surface area contributed by atoms with E-state index in [0.29, 0.717) is 16.5 Å². The first-order valence-electron chi connectivity index (χ1n) is 5.05. The van der Waals surface area contributed by atoms with Gasteiger partial charge in [0.25, 0.3) is 0 Å². The summed E-state index contributed by atoms with van der Waals surface area (Å²) in [5.41, 5.74) is -0.0656. The minimum absolute atomic E-state index is 0.435. The number of ether oxygens (including phenoxy) is 2. The number of pyridine rings is 1. The lowest BCUT2D eigenvalue weighted by Crippen LogP contribution is -2.27. The zero-order valence-corrected chi connectivity index (χ0v) is 11.2. The van der Waals surface area contributed by atoms with E-state index in [1.165, 1.54) is 13.3 Å². The van der Waals surface area contributed by atoms with Gasteiger partial charge < -0.3 is 9.47 Å². The molecule has 1 aromatic heterocycles. The molecule has 0 aliphatic carbocycles. The maximum Gasteiger partial charge on any atom is 0.412 e. The van der Waals surface area contributed by atoms with Gasteiger partial charge in [-0.05, 0) is 20.8 Å². The van der Waals surface area contributed by atoms with Gasteiger partial charge in [-0.3, -0.25) is 5.32 Å². The van der Waals surface area contributed by atoms with E-state index in [2.05, 4.69) is 22.9 Å². The number of hydrogen-bond donors (Lipinski definition) is 2. The first kappa shape index (κ1) is 13.6. The molecule has 1 amide bonds. The molecule has 0 aromatic carbocycles. The second-order valence-electron chi connectivity index (χ2n) is 4.37. The largest absolute Gasteiger partial charge is 0.481 e. The molecule has 94 valence electrons. The van der Waals surface area contributed by atoms with Crippen molar-refractivity contribution in [3.63, 3.8) is 0 Å². The highest BCUT2D eigenvalue weighted by atomic mass is 32.1. The number of methoxy groups -OCH3 is 1. The van der Waals surface area contributed by atoms with Crippen LogP contribution in [0, 0.1) is 0 Å². The Labute approximate surface area is 106 Å². The number of anilines is 1. The third-order valence-electron chi connectivity index (χ3n) is 1.70. The molecule has 1 rings (SSSR count). The summed E-state index contributed by atoms with van der Waals surface area (Å²) in [6, 6.07) is 1.61. The second kappa shape index (κ2) is 5.27. The van der Waals surface area contributed by atoms with Crippen LogP contribution < -0.4 is 10.1 Å². The highest BCUT2D eigenvalue weighted by Gasteiger charge is 2.17. The van der Waals surface area contributed by atoms with Gasteiger partial charge in [-0.25, -0.2) is 9.78 Å². The van der Waals surface area contributed by atoms with E-state index in [4.69, 9.17) is 9.47 Å². The Morgan fingerprint density at radius 2 is 2.12 bits per heavy atom. The number of rotatable bonds is 2. The van der Waals surface area contributed by atoms with E-state index in [0.717, 1.165) is 0 Å². The molecular formula is C11H16N2O3S. The van der Waals surface area contributed by atoms with Crippen molar-refractivity contribution in [1.82, 2.24) is 4.98 Å². The summed E-state index contributed by atoms with van der Waals surface area (Å²) in [5, 5.41) is 2.56. The van der Waals surface area contributed by atoms with Crippen LogP contribution >= 0.6 is 12.6 Å². The SMILES string of the molecule is COc1cc(S)c(NC(=O)OC(C)(C)C)cn1. The maximum absolute atomic E-state index is 11.5. The fraction of sp³-hybridized carbons (Fsp3) is 0.455. The quantitative estimate of drug-likeness (QED) is 0.799. The summed E-state index contributed by atoms with van der Waals surface area (Å²) in [6.45, 7) is 5.38. The van der Waals surface area contributed by atoms with Crippen LogP contribution in [0.15, 0.2) is 17.2 Å². The molecule has 0 aliphatic heterocycles. The van der Waals surface area contributed by atoms with Crippen molar-refractivity contribution >= 4 is 24.4 Å². The molecule has 0 fully saturated rings. The number of nitrogens with zero attached hydrogens (tertiary/aromatic N) is 1. The second-order valence-corrected chi connectivity index (χ2v) is 4.85. The van der Waals surface area contributed by atoms with E-state index in [9.17, 15) is 4.79 Å². The van der Waals surface area contributed by atoms with Crippen LogP contribution in [0.4, 0.5) is 10.5 Å². The zero-order valence-electron chi connectivity index (χ0n) is 10.3. The number of amides is 1. The van der Waals surface area contributed by atoms with Crippen LogP contribution in [-0.2, 0) is 4.74 Å². The van der Waals surface area contributed by atoms with Gasteiger partial charge >= 0.3 is 6.09 Å². The van der Waals surface area contributed by atoms with Crippen molar-refractivity contribution in [2.45, 2.75) is 31.3 Å². The van der Waals surface area contributed by atoms with Crippen LogP contribution in [0.3, 0.4) is 0 Å². The Kier molecular flexibility index (Phi) is 4.22. The Bertz CT molecular complexity index is 416. The molecule has 0 aliphatic rings. The third-order valence-corrected chi connectivity index (χ3v) is 2.07. The Morgan fingerprint density at radius 1 is 1.47 bits per heavy atom. The molecular weight excluding hydrogens is 240 g/mol. The molecule has 1 N–H and O–H groups in total. The Morgan fingerprint density at radius 3 is 2.59 bits per heavy atom. The van der Waals surface area contributed by atoms with Crippen molar-refractivity contribution in [2.24, 2.45) is 0 Å². The highest BCUT2D eigenvalue weighted by Crippen LogP contribution is 2.23. The maximum atomic E-state index is 11.5. The fourth-order valence-corrected chi connectivity index (χ4v) is 1.27. The first-order valence-corrected chi connectivity index (χ1v) is 5.49. The average molecular weight is 256 g/mol. The minimum Gasteiger partial charge on any atom is -0.481 e. The Hall–Kier alpha value is -1.43. The van der Waals surface area contributed by atoms with Crippen molar-refractivity contribution in [2.75, 3.05) is 12.4 Å². The third kappa shape index (κ3) is 4.52. The molecule has 1 aromatic rings. The van der Waals surface area contributed by atoms with Crippen molar-refractivity contribution in [3.8, 4) is 5.88 Å². The van der Waals surface area contributed by atoms with Gasteiger partial charge in [0, 0.05) is 11.0 Å². The zero-order chi connectivity index (χ0) is 13.1. The number of carbonyl (C=O) groups is 1. The van der Waals surface area contributed by atoms with E-state index in [1.807, 2.05) is 0 Å². The predicted octanol–water partition coefficient (Wildman–Crippen LogP) is 2.73. The van der Waals surface area contributed by atoms with Gasteiger partial charge in [-0.2, -0.15) is 0 Å². The summed E-state index contributed by atoms with van der Waals surface area (Å²) in [5.74, 6) is 0.435. The standard InChI is InChI=1S/C11H16N2O3S/c1-11(2,3)16-10(14)13-7-6-12-9(15-4)5-8(7)17/h5-6H,1-4H3,(H,12,17)(H,13,14). The molecule has 0 unspecified atom stereocenters. The van der Waals surface area contributed by atoms with Gasteiger partial charge in [-0.1, -0.05) is 0 Å². The number of carbonyl (C=O) groups excluding carboxylic acids is 1. The summed E-state index contributed by atoms with van der Waals surface area (Å²) in [4.78, 5) is 16.0. The monoisotopic (exact) mass is 256 g/mol. The summed E-state index contributed by atoms with van der Waals surface area (Å²) in [7, 11) is 1.51. The number of nitrogens with one attached hydrogen (secondary N) is 1. The molecule has 6 heteroatoms. The highest BCUT2D eigenvalue weighted by molar-refractivity contribution is 7.80. The molecule has 0 spiro atoms. The van der Waals surface area contributed by atoms with Crippen molar-refractivity contribution in [1.29, 1.82) is 0 Å². The topological polar surface area (TPSA) is 60.5 Å². The van der Waals surface area contributed by atoms with Crippen LogP contribution in [0.1, 0.15) is 20.8 Å². The van der Waals surface area contributed by atoms with Crippen molar-refractivity contribution < 1.29 is 14.3 Å². The van der Waals surface area contributed by atoms with Crippen LogP contribution in [0.5, 0.6) is 5.88 Å². The van der Waals surface area contributed by atoms with Gasteiger partial charge in [0.1, 0.15) is 5.60 Å². The van der Waals surface area contributed by atoms with Gasteiger partial charge in [0.2, 0.25) is 5.88 Å². The number of thiol groups is 1. The van der Waals surface area contributed by atoms with Crippen molar-refractivity contribution in [3.05, 3.63) is 12.3 Å². The smallest absolute Gasteiger partial charge is 0.412 e. The van der Waals surface area contributed by atoms with Gasteiger partial charge in [0.05, 0.1) is 19.0 Å². The van der Waals surface area contributed by atoms with E-state index in [-0.39, 0.29) is 0 Å². The Balaban J connectivity index is 2.72. The molecule has 0 atom stereocenters. The molecule has 0 saturated heterocycles. The lowest BCUT2D eigenvalue weighted by molar-refractivity contribution is 0.0635. The molecule has 0 bridgehead atoms. The number of aromatic nitrogens is 1. The van der Waals surface area contributed by atoms with E-state index < -0.39 is 11.7 Å². The fourth-order valence-electron chi connectivity index (χ4n) is 1.05. The summed E-state index contributed by atoms with van der Waals surface area (Å²) in [6.07, 6.45) is 0.921. The lowest BCUT2D eigenvalue weighted by atomic mass is 10.2. The predicted molar refractivity (Wildman–Crippen MR) is 67.9 cm³/mol. The molecule has 17 heavy (non-hydrogen) atoms. The van der Waals surface area contributed by atoms with E-state index >= 15 is 0 Å². The number of hydrogen-bond acceptors (Lipinski definition) is 5. The minimum atomic E-state index is -0.542. The molecule has 0 radical (unpaired) electrons. The lowest BCUT2D eigenvalue weighted by Gasteiger charge is -2.20. The van der Waals surface area contributed by atoms with Crippen LogP contribution in [0.25, 0.3) is 0 Å². The average Bonchev–Trinajstić information content (AvgIpc) is 2.18. The molecule has 0 saturated carbocycles. The van der Waals surface area contributed by atoms with Gasteiger partial charge in [0.15, 0.2) is 0 Å².